The number of aromatic nitrogens is 2. The lowest BCUT2D eigenvalue weighted by Gasteiger charge is -2.01. The average molecular weight is 217 g/mol. The van der Waals surface area contributed by atoms with Gasteiger partial charge in [-0.25, -0.2) is 0 Å². The van der Waals surface area contributed by atoms with Crippen molar-refractivity contribution >= 4 is 0 Å². The van der Waals surface area contributed by atoms with Gasteiger partial charge in [-0.15, -0.1) is 0 Å². The minimum atomic E-state index is 0.633. The fraction of sp³-hybridized carbons (Fsp3) is 0.333. The predicted octanol–water partition coefficient (Wildman–Crippen LogP) is 1.71. The van der Waals surface area contributed by atoms with Crippen molar-refractivity contribution in [2.24, 2.45) is 0 Å². The van der Waals surface area contributed by atoms with E-state index in [4.69, 9.17) is 4.52 Å². The van der Waals surface area contributed by atoms with E-state index >= 15 is 0 Å². The number of hydrogen-bond acceptors (Lipinski definition) is 4. The first kappa shape index (κ1) is 10.8. The molecular weight excluding hydrogens is 202 g/mol. The maximum absolute atomic E-state index is 4.99. The minimum absolute atomic E-state index is 0.633. The molecule has 0 fully saturated rings. The van der Waals surface area contributed by atoms with Crippen LogP contribution < -0.4 is 5.32 Å². The summed E-state index contributed by atoms with van der Waals surface area (Å²) < 4.78 is 4.99. The van der Waals surface area contributed by atoms with Crippen LogP contribution in [-0.2, 0) is 13.0 Å². The molecule has 16 heavy (non-hydrogen) atoms. The number of nitrogens with zero attached hydrogens (tertiary/aromatic N) is 2. The summed E-state index contributed by atoms with van der Waals surface area (Å²) in [4.78, 5) is 4.11. The maximum Gasteiger partial charge on any atom is 0.240 e. The summed E-state index contributed by atoms with van der Waals surface area (Å²) >= 11 is 0. The number of benzene rings is 1. The quantitative estimate of drug-likeness (QED) is 0.775. The molecule has 1 aromatic heterocycles. The molecule has 0 spiro atoms. The zero-order valence-corrected chi connectivity index (χ0v) is 9.31. The fourth-order valence-corrected chi connectivity index (χ4v) is 1.48. The highest BCUT2D eigenvalue weighted by molar-refractivity contribution is 5.14. The summed E-state index contributed by atoms with van der Waals surface area (Å²) in [6, 6.07) is 10.4. The van der Waals surface area contributed by atoms with E-state index < -0.39 is 0 Å². The second kappa shape index (κ2) is 5.42. The Morgan fingerprint density at radius 3 is 2.75 bits per heavy atom. The first-order valence-electron chi connectivity index (χ1n) is 5.38. The highest BCUT2D eigenvalue weighted by Crippen LogP contribution is 1.99. The Balaban J connectivity index is 1.69. The third kappa shape index (κ3) is 3.17. The molecule has 0 aliphatic carbocycles. The Kier molecular flexibility index (Phi) is 3.66. The van der Waals surface area contributed by atoms with Gasteiger partial charge in [0.25, 0.3) is 0 Å². The second-order valence-electron chi connectivity index (χ2n) is 3.65. The van der Waals surface area contributed by atoms with Gasteiger partial charge in [0, 0.05) is 0 Å². The summed E-state index contributed by atoms with van der Waals surface area (Å²) in [6.45, 7) is 3.36. The Morgan fingerprint density at radius 2 is 2.06 bits per heavy atom. The van der Waals surface area contributed by atoms with Gasteiger partial charge in [0.1, 0.15) is 0 Å². The van der Waals surface area contributed by atoms with Crippen LogP contribution >= 0.6 is 0 Å². The molecule has 84 valence electrons. The molecule has 4 nitrogen and oxygen atoms in total. The standard InChI is InChI=1S/C12H15N3O/c1-10-14-12(16-15-10)9-13-8-7-11-5-3-2-4-6-11/h2-6,13H,7-9H2,1H3. The van der Waals surface area contributed by atoms with Gasteiger partial charge in [-0.3, -0.25) is 0 Å². The van der Waals surface area contributed by atoms with E-state index in [0.29, 0.717) is 18.3 Å². The topological polar surface area (TPSA) is 51.0 Å². The zero-order chi connectivity index (χ0) is 11.2. The normalized spacial score (nSPS) is 10.6. The van der Waals surface area contributed by atoms with Crippen molar-refractivity contribution in [3.05, 3.63) is 47.6 Å². The van der Waals surface area contributed by atoms with E-state index in [2.05, 4.69) is 39.7 Å². The largest absolute Gasteiger partial charge is 0.338 e. The van der Waals surface area contributed by atoms with Crippen molar-refractivity contribution in [3.63, 3.8) is 0 Å². The maximum atomic E-state index is 4.99. The lowest BCUT2D eigenvalue weighted by atomic mass is 10.1. The molecule has 1 N–H and O–H groups in total. The fourth-order valence-electron chi connectivity index (χ4n) is 1.48. The van der Waals surface area contributed by atoms with Crippen molar-refractivity contribution in [1.29, 1.82) is 0 Å². The van der Waals surface area contributed by atoms with Crippen LogP contribution in [-0.4, -0.2) is 16.7 Å². The molecule has 0 saturated heterocycles. The van der Waals surface area contributed by atoms with Crippen LogP contribution in [0.5, 0.6) is 0 Å². The zero-order valence-electron chi connectivity index (χ0n) is 9.31. The summed E-state index contributed by atoms with van der Waals surface area (Å²) in [7, 11) is 0. The van der Waals surface area contributed by atoms with Crippen LogP contribution in [0.4, 0.5) is 0 Å². The Bertz CT molecular complexity index is 425. The Morgan fingerprint density at radius 1 is 1.25 bits per heavy atom. The smallest absolute Gasteiger partial charge is 0.240 e. The lowest BCUT2D eigenvalue weighted by Crippen LogP contribution is -2.16. The molecule has 0 unspecified atom stereocenters. The second-order valence-corrected chi connectivity index (χ2v) is 3.65. The minimum Gasteiger partial charge on any atom is -0.338 e. The molecule has 0 saturated carbocycles. The number of rotatable bonds is 5. The molecule has 1 heterocycles. The Hall–Kier alpha value is -1.68. The number of aryl methyl sites for hydroxylation is 1. The third-order valence-corrected chi connectivity index (χ3v) is 2.28. The van der Waals surface area contributed by atoms with E-state index in [9.17, 15) is 0 Å². The summed E-state index contributed by atoms with van der Waals surface area (Å²) in [6.07, 6.45) is 1.01. The van der Waals surface area contributed by atoms with Crippen LogP contribution in [0, 0.1) is 6.92 Å². The van der Waals surface area contributed by atoms with Gasteiger partial charge in [0.15, 0.2) is 5.82 Å². The average Bonchev–Trinajstić information content (AvgIpc) is 2.72. The van der Waals surface area contributed by atoms with Crippen molar-refractivity contribution in [2.75, 3.05) is 6.54 Å². The Labute approximate surface area is 94.7 Å². The van der Waals surface area contributed by atoms with Crippen molar-refractivity contribution < 1.29 is 4.52 Å². The molecule has 0 aliphatic heterocycles. The van der Waals surface area contributed by atoms with Crippen molar-refractivity contribution in [1.82, 2.24) is 15.5 Å². The van der Waals surface area contributed by atoms with E-state index in [1.807, 2.05) is 13.0 Å². The van der Waals surface area contributed by atoms with Gasteiger partial charge in [0.2, 0.25) is 5.89 Å². The molecule has 2 aromatic rings. The lowest BCUT2D eigenvalue weighted by molar-refractivity contribution is 0.365. The van der Waals surface area contributed by atoms with Crippen LogP contribution in [0.15, 0.2) is 34.9 Å². The summed E-state index contributed by atoms with van der Waals surface area (Å²) in [5, 5.41) is 6.99. The first-order valence-corrected chi connectivity index (χ1v) is 5.38. The van der Waals surface area contributed by atoms with Crippen LogP contribution in [0.25, 0.3) is 0 Å². The van der Waals surface area contributed by atoms with Gasteiger partial charge < -0.3 is 9.84 Å². The van der Waals surface area contributed by atoms with Gasteiger partial charge in [-0.2, -0.15) is 4.98 Å². The molecule has 0 radical (unpaired) electrons. The first-order chi connectivity index (χ1) is 7.84. The van der Waals surface area contributed by atoms with Gasteiger partial charge in [-0.1, -0.05) is 35.5 Å². The van der Waals surface area contributed by atoms with E-state index in [0.717, 1.165) is 13.0 Å². The molecule has 0 atom stereocenters. The molecule has 0 amide bonds. The molecule has 0 bridgehead atoms. The van der Waals surface area contributed by atoms with E-state index in [1.165, 1.54) is 5.56 Å². The molecule has 2 rings (SSSR count). The van der Waals surface area contributed by atoms with Gasteiger partial charge >= 0.3 is 0 Å². The monoisotopic (exact) mass is 217 g/mol. The van der Waals surface area contributed by atoms with Crippen LogP contribution in [0.3, 0.4) is 0 Å². The number of nitrogens with one attached hydrogen (secondary N) is 1. The number of hydrogen-bond donors (Lipinski definition) is 1. The molecule has 0 aliphatic rings. The third-order valence-electron chi connectivity index (χ3n) is 2.28. The predicted molar refractivity (Wildman–Crippen MR) is 60.9 cm³/mol. The van der Waals surface area contributed by atoms with E-state index in [-0.39, 0.29) is 0 Å². The van der Waals surface area contributed by atoms with Crippen LogP contribution in [0.2, 0.25) is 0 Å². The van der Waals surface area contributed by atoms with Gasteiger partial charge in [0.05, 0.1) is 6.54 Å². The highest BCUT2D eigenvalue weighted by Gasteiger charge is 2.00. The molecule has 1 aromatic carbocycles. The molecular formula is C12H15N3O. The van der Waals surface area contributed by atoms with Gasteiger partial charge in [-0.05, 0) is 25.5 Å². The SMILES string of the molecule is Cc1noc(CNCCc2ccccc2)n1. The molecule has 4 heteroatoms. The van der Waals surface area contributed by atoms with Crippen molar-refractivity contribution in [3.8, 4) is 0 Å². The summed E-state index contributed by atoms with van der Waals surface area (Å²) in [5.74, 6) is 1.32. The highest BCUT2D eigenvalue weighted by atomic mass is 16.5. The summed E-state index contributed by atoms with van der Waals surface area (Å²) in [5.41, 5.74) is 1.33. The van der Waals surface area contributed by atoms with Crippen LogP contribution in [0.1, 0.15) is 17.3 Å². The van der Waals surface area contributed by atoms with E-state index in [1.54, 1.807) is 0 Å². The van der Waals surface area contributed by atoms with Crippen molar-refractivity contribution in [2.45, 2.75) is 19.9 Å².